The summed E-state index contributed by atoms with van der Waals surface area (Å²) < 4.78 is 25.9. The molecule has 0 aromatic carbocycles. The molecule has 1 heterocycles. The van der Waals surface area contributed by atoms with E-state index < -0.39 is 10.0 Å². The van der Waals surface area contributed by atoms with Crippen LogP contribution in [-0.2, 0) is 10.0 Å². The third-order valence-corrected chi connectivity index (χ3v) is 3.82. The monoisotopic (exact) mass is 256 g/mol. The van der Waals surface area contributed by atoms with Crippen LogP contribution >= 0.6 is 0 Å². The number of hydrogen-bond donors (Lipinski definition) is 1. The minimum atomic E-state index is -3.21. The third-order valence-electron chi connectivity index (χ3n) is 2.45. The number of hydrogen-bond acceptors (Lipinski definition) is 3. The summed E-state index contributed by atoms with van der Waals surface area (Å²) in [5.41, 5.74) is 0.529. The molecule has 0 saturated heterocycles. The van der Waals surface area contributed by atoms with Crippen molar-refractivity contribution in [3.63, 3.8) is 0 Å². The van der Waals surface area contributed by atoms with Crippen LogP contribution in [0.3, 0.4) is 0 Å². The van der Waals surface area contributed by atoms with Crippen LogP contribution in [0.15, 0.2) is 24.5 Å². The van der Waals surface area contributed by atoms with Crippen molar-refractivity contribution in [1.82, 2.24) is 4.98 Å². The lowest BCUT2D eigenvalue weighted by atomic mass is 10.2. The quantitative estimate of drug-likeness (QED) is 0.728. The van der Waals surface area contributed by atoms with Crippen molar-refractivity contribution in [2.45, 2.75) is 39.0 Å². The van der Waals surface area contributed by atoms with Crippen molar-refractivity contribution in [3.8, 4) is 0 Å². The second-order valence-electron chi connectivity index (χ2n) is 4.08. The van der Waals surface area contributed by atoms with Gasteiger partial charge in [0.2, 0.25) is 10.0 Å². The zero-order chi connectivity index (χ0) is 12.6. The van der Waals surface area contributed by atoms with Crippen molar-refractivity contribution in [2.75, 3.05) is 10.5 Å². The predicted octanol–water partition coefficient (Wildman–Crippen LogP) is 2.79. The molecule has 1 rings (SSSR count). The SMILES string of the molecule is CCCCCCCS(=O)(=O)Nc1cccnc1. The molecule has 1 aromatic heterocycles. The fraction of sp³-hybridized carbons (Fsp3) is 0.583. The maximum atomic E-state index is 11.7. The Morgan fingerprint density at radius 3 is 2.65 bits per heavy atom. The van der Waals surface area contributed by atoms with E-state index in [1.54, 1.807) is 18.3 Å². The van der Waals surface area contributed by atoms with Crippen LogP contribution in [-0.4, -0.2) is 19.2 Å². The summed E-state index contributed by atoms with van der Waals surface area (Å²) in [6.45, 7) is 2.14. The Balaban J connectivity index is 2.32. The number of sulfonamides is 1. The molecule has 0 aliphatic rings. The maximum Gasteiger partial charge on any atom is 0.232 e. The molecule has 4 nitrogen and oxygen atoms in total. The second kappa shape index (κ2) is 7.27. The van der Waals surface area contributed by atoms with Crippen molar-refractivity contribution < 1.29 is 8.42 Å². The number of unbranched alkanes of at least 4 members (excludes halogenated alkanes) is 4. The molecule has 96 valence electrons. The van der Waals surface area contributed by atoms with Crippen LogP contribution in [0.2, 0.25) is 0 Å². The van der Waals surface area contributed by atoms with Gasteiger partial charge in [0.15, 0.2) is 0 Å². The standard InChI is InChI=1S/C12H20N2O2S/c1-2-3-4-5-6-10-17(15,16)14-12-8-7-9-13-11-12/h7-9,11,14H,2-6,10H2,1H3. The van der Waals surface area contributed by atoms with Gasteiger partial charge in [0.05, 0.1) is 17.6 Å². The van der Waals surface area contributed by atoms with Gasteiger partial charge in [-0.3, -0.25) is 9.71 Å². The van der Waals surface area contributed by atoms with Gasteiger partial charge in [-0.15, -0.1) is 0 Å². The van der Waals surface area contributed by atoms with E-state index in [1.165, 1.54) is 19.0 Å². The summed E-state index contributed by atoms with van der Waals surface area (Å²) in [5.74, 6) is 0.186. The Kier molecular flexibility index (Phi) is 5.97. The van der Waals surface area contributed by atoms with E-state index in [2.05, 4.69) is 16.6 Å². The molecule has 0 saturated carbocycles. The van der Waals surface area contributed by atoms with Gasteiger partial charge in [0.1, 0.15) is 0 Å². The molecule has 17 heavy (non-hydrogen) atoms. The lowest BCUT2D eigenvalue weighted by Gasteiger charge is -2.07. The Labute approximate surface area is 104 Å². The topological polar surface area (TPSA) is 59.1 Å². The second-order valence-corrected chi connectivity index (χ2v) is 5.92. The summed E-state index contributed by atoms with van der Waals surface area (Å²) in [5, 5.41) is 0. The van der Waals surface area contributed by atoms with Crippen molar-refractivity contribution in [1.29, 1.82) is 0 Å². The molecule has 0 unspecified atom stereocenters. The van der Waals surface area contributed by atoms with Crippen molar-refractivity contribution >= 4 is 15.7 Å². The molecule has 0 aliphatic heterocycles. The first kappa shape index (κ1) is 14.0. The lowest BCUT2D eigenvalue weighted by molar-refractivity contribution is 0.591. The zero-order valence-electron chi connectivity index (χ0n) is 10.2. The Hall–Kier alpha value is -1.10. The highest BCUT2D eigenvalue weighted by Crippen LogP contribution is 2.09. The highest BCUT2D eigenvalue weighted by atomic mass is 32.2. The fourth-order valence-electron chi connectivity index (χ4n) is 1.55. The molecule has 0 bridgehead atoms. The molecular formula is C12H20N2O2S. The molecule has 0 aliphatic carbocycles. The summed E-state index contributed by atoms with van der Waals surface area (Å²) in [7, 11) is -3.21. The van der Waals surface area contributed by atoms with Crippen LogP contribution < -0.4 is 4.72 Å². The van der Waals surface area contributed by atoms with Gasteiger partial charge >= 0.3 is 0 Å². The summed E-state index contributed by atoms with van der Waals surface area (Å²) >= 11 is 0. The van der Waals surface area contributed by atoms with Crippen LogP contribution in [0.4, 0.5) is 5.69 Å². The Morgan fingerprint density at radius 2 is 2.00 bits per heavy atom. The number of rotatable bonds is 8. The molecule has 0 radical (unpaired) electrons. The first-order valence-corrected chi connectivity index (χ1v) is 7.70. The van der Waals surface area contributed by atoms with E-state index >= 15 is 0 Å². The normalized spacial score (nSPS) is 11.4. The minimum Gasteiger partial charge on any atom is -0.282 e. The number of nitrogens with one attached hydrogen (secondary N) is 1. The first-order valence-electron chi connectivity index (χ1n) is 6.04. The van der Waals surface area contributed by atoms with Crippen LogP contribution in [0.25, 0.3) is 0 Å². The van der Waals surface area contributed by atoms with Gasteiger partial charge < -0.3 is 0 Å². The molecule has 0 spiro atoms. The Bertz CT molecular complexity index is 404. The van der Waals surface area contributed by atoms with E-state index in [0.29, 0.717) is 5.69 Å². The van der Waals surface area contributed by atoms with E-state index in [9.17, 15) is 8.42 Å². The van der Waals surface area contributed by atoms with Gasteiger partial charge in [-0.1, -0.05) is 32.6 Å². The first-order chi connectivity index (χ1) is 8.14. The molecule has 0 amide bonds. The van der Waals surface area contributed by atoms with Gasteiger partial charge in [-0.05, 0) is 18.6 Å². The minimum absolute atomic E-state index is 0.186. The van der Waals surface area contributed by atoms with Gasteiger partial charge in [-0.2, -0.15) is 0 Å². The van der Waals surface area contributed by atoms with E-state index in [4.69, 9.17) is 0 Å². The highest BCUT2D eigenvalue weighted by molar-refractivity contribution is 7.92. The maximum absolute atomic E-state index is 11.7. The summed E-state index contributed by atoms with van der Waals surface area (Å²) in [6, 6.07) is 3.40. The van der Waals surface area contributed by atoms with Gasteiger partial charge in [-0.25, -0.2) is 8.42 Å². The average Bonchev–Trinajstić information content (AvgIpc) is 2.29. The fourth-order valence-corrected chi connectivity index (χ4v) is 2.72. The number of pyridine rings is 1. The molecule has 5 heteroatoms. The van der Waals surface area contributed by atoms with Gasteiger partial charge in [0, 0.05) is 6.20 Å². The summed E-state index contributed by atoms with van der Waals surface area (Å²) in [4.78, 5) is 3.86. The number of aromatic nitrogens is 1. The molecule has 0 fully saturated rings. The number of nitrogens with zero attached hydrogens (tertiary/aromatic N) is 1. The molecule has 1 N–H and O–H groups in total. The molecular weight excluding hydrogens is 236 g/mol. The zero-order valence-corrected chi connectivity index (χ0v) is 11.0. The predicted molar refractivity (Wildman–Crippen MR) is 70.4 cm³/mol. The van der Waals surface area contributed by atoms with Crippen LogP contribution in [0.1, 0.15) is 39.0 Å². The largest absolute Gasteiger partial charge is 0.282 e. The lowest BCUT2D eigenvalue weighted by Crippen LogP contribution is -2.16. The van der Waals surface area contributed by atoms with Crippen molar-refractivity contribution in [3.05, 3.63) is 24.5 Å². The van der Waals surface area contributed by atoms with E-state index in [-0.39, 0.29) is 5.75 Å². The van der Waals surface area contributed by atoms with E-state index in [0.717, 1.165) is 19.3 Å². The highest BCUT2D eigenvalue weighted by Gasteiger charge is 2.09. The Morgan fingerprint density at radius 1 is 1.24 bits per heavy atom. The van der Waals surface area contributed by atoms with Crippen LogP contribution in [0, 0.1) is 0 Å². The third kappa shape index (κ3) is 6.26. The summed E-state index contributed by atoms with van der Waals surface area (Å²) in [6.07, 6.45) is 8.27. The number of anilines is 1. The van der Waals surface area contributed by atoms with E-state index in [1.807, 2.05) is 0 Å². The average molecular weight is 256 g/mol. The molecule has 1 aromatic rings. The van der Waals surface area contributed by atoms with Gasteiger partial charge in [0.25, 0.3) is 0 Å². The molecule has 0 atom stereocenters. The van der Waals surface area contributed by atoms with Crippen LogP contribution in [0.5, 0.6) is 0 Å². The smallest absolute Gasteiger partial charge is 0.232 e. The van der Waals surface area contributed by atoms with Crippen molar-refractivity contribution in [2.24, 2.45) is 0 Å².